The average Bonchev–Trinajstić information content (AvgIpc) is 3.18. The fourth-order valence-corrected chi connectivity index (χ4v) is 3.31. The van der Waals surface area contributed by atoms with E-state index in [2.05, 4.69) is 5.10 Å². The summed E-state index contributed by atoms with van der Waals surface area (Å²) in [5.74, 6) is 0.894. The summed E-state index contributed by atoms with van der Waals surface area (Å²) in [6.45, 7) is 0.656. The van der Waals surface area contributed by atoms with Crippen LogP contribution >= 0.6 is 11.6 Å². The van der Waals surface area contributed by atoms with Crippen molar-refractivity contribution in [2.45, 2.75) is 19.6 Å². The van der Waals surface area contributed by atoms with E-state index in [1.54, 1.807) is 6.07 Å². The number of halogens is 1. The first-order chi connectivity index (χ1) is 13.6. The van der Waals surface area contributed by atoms with Crippen LogP contribution in [-0.2, 0) is 19.6 Å². The molecule has 1 aliphatic heterocycles. The molecule has 0 bridgehead atoms. The maximum atomic E-state index is 12.5. The molecule has 3 aromatic rings. The number of fused-ring (bicyclic) bond motifs is 1. The Morgan fingerprint density at radius 3 is 2.79 bits per heavy atom. The summed E-state index contributed by atoms with van der Waals surface area (Å²) >= 11 is 5.90. The number of nitrogens with zero attached hydrogens (tertiary/aromatic N) is 2. The molecule has 4 rings (SSSR count). The molecule has 6 heteroatoms. The lowest BCUT2D eigenvalue weighted by molar-refractivity contribution is 0.278. The van der Waals surface area contributed by atoms with Gasteiger partial charge in [-0.15, -0.1) is 0 Å². The van der Waals surface area contributed by atoms with Crippen LogP contribution in [-0.4, -0.2) is 21.5 Å². The van der Waals surface area contributed by atoms with Gasteiger partial charge in [0.05, 0.1) is 25.5 Å². The Morgan fingerprint density at radius 1 is 1.18 bits per heavy atom. The van der Waals surface area contributed by atoms with Crippen molar-refractivity contribution in [3.63, 3.8) is 0 Å². The Kier molecular flexibility index (Phi) is 5.28. The summed E-state index contributed by atoms with van der Waals surface area (Å²) in [4.78, 5) is 12.5. The van der Waals surface area contributed by atoms with Crippen LogP contribution in [0.3, 0.4) is 0 Å². The number of rotatable bonds is 5. The van der Waals surface area contributed by atoms with Crippen LogP contribution in [0.4, 0.5) is 0 Å². The van der Waals surface area contributed by atoms with Gasteiger partial charge in [-0.25, -0.2) is 4.68 Å². The zero-order valence-electron chi connectivity index (χ0n) is 15.1. The Morgan fingerprint density at radius 2 is 2.00 bits per heavy atom. The minimum Gasteiger partial charge on any atom is -0.493 e. The van der Waals surface area contributed by atoms with E-state index in [4.69, 9.17) is 16.3 Å². The van der Waals surface area contributed by atoms with Crippen LogP contribution in [0.5, 0.6) is 5.75 Å². The zero-order chi connectivity index (χ0) is 19.5. The van der Waals surface area contributed by atoms with E-state index in [0.29, 0.717) is 29.4 Å². The van der Waals surface area contributed by atoms with Gasteiger partial charge < -0.3 is 9.84 Å². The van der Waals surface area contributed by atoms with E-state index < -0.39 is 0 Å². The van der Waals surface area contributed by atoms with Gasteiger partial charge in [-0.2, -0.15) is 5.10 Å². The number of ether oxygens (including phenoxy) is 1. The third kappa shape index (κ3) is 3.86. The second-order valence-corrected chi connectivity index (χ2v) is 7.01. The summed E-state index contributed by atoms with van der Waals surface area (Å²) in [6, 6.07) is 15.0. The van der Waals surface area contributed by atoms with Crippen LogP contribution in [0, 0.1) is 0 Å². The summed E-state index contributed by atoms with van der Waals surface area (Å²) in [5.41, 5.74) is 3.69. The smallest absolute Gasteiger partial charge is 0.272 e. The maximum absolute atomic E-state index is 12.5. The number of aromatic nitrogens is 2. The standard InChI is InChI=1S/C22H19ClN2O3/c23-19-6-3-15(4-7-19)2-1-10-25-22(27)18(14-26)13-20(24-25)16-5-8-21-17(12-16)9-11-28-21/h1-8,12-13,26H,9-11,14H2/b2-1+. The molecule has 0 amide bonds. The molecule has 5 nitrogen and oxygen atoms in total. The van der Waals surface area contributed by atoms with Crippen molar-refractivity contribution in [2.24, 2.45) is 0 Å². The third-order valence-electron chi connectivity index (χ3n) is 4.66. The Labute approximate surface area is 167 Å². The average molecular weight is 395 g/mol. The first-order valence-electron chi connectivity index (χ1n) is 9.04. The SMILES string of the molecule is O=c1c(CO)cc(-c2ccc3c(c2)CCO3)nn1C/C=C/c1ccc(Cl)cc1. The van der Waals surface area contributed by atoms with E-state index in [1.165, 1.54) is 4.68 Å². The highest BCUT2D eigenvalue weighted by Crippen LogP contribution is 2.29. The van der Waals surface area contributed by atoms with Gasteiger partial charge in [0.25, 0.3) is 5.56 Å². The second-order valence-electron chi connectivity index (χ2n) is 6.58. The molecule has 0 unspecified atom stereocenters. The topological polar surface area (TPSA) is 64.3 Å². The fraction of sp³-hybridized carbons (Fsp3) is 0.182. The highest BCUT2D eigenvalue weighted by Gasteiger charge is 2.15. The summed E-state index contributed by atoms with van der Waals surface area (Å²) in [5, 5.41) is 14.8. The molecule has 28 heavy (non-hydrogen) atoms. The quantitative estimate of drug-likeness (QED) is 0.716. The van der Waals surface area contributed by atoms with Crippen LogP contribution in [0.2, 0.25) is 5.02 Å². The summed E-state index contributed by atoms with van der Waals surface area (Å²) in [6.07, 6.45) is 4.63. The zero-order valence-corrected chi connectivity index (χ0v) is 15.9. The van der Waals surface area contributed by atoms with Gasteiger partial charge >= 0.3 is 0 Å². The van der Waals surface area contributed by atoms with Gasteiger partial charge in [-0.05, 0) is 47.5 Å². The number of aliphatic hydroxyl groups excluding tert-OH is 1. The van der Waals surface area contributed by atoms with E-state index in [9.17, 15) is 9.90 Å². The lowest BCUT2D eigenvalue weighted by atomic mass is 10.1. The van der Waals surface area contributed by atoms with Crippen molar-refractivity contribution >= 4 is 17.7 Å². The normalized spacial score (nSPS) is 12.9. The maximum Gasteiger partial charge on any atom is 0.272 e. The molecule has 0 fully saturated rings. The van der Waals surface area contributed by atoms with Crippen molar-refractivity contribution in [3.8, 4) is 17.0 Å². The van der Waals surface area contributed by atoms with Gasteiger partial charge in [-0.1, -0.05) is 35.9 Å². The van der Waals surface area contributed by atoms with E-state index in [-0.39, 0.29) is 12.2 Å². The van der Waals surface area contributed by atoms with Crippen molar-refractivity contribution < 1.29 is 9.84 Å². The number of allylic oxidation sites excluding steroid dienone is 1. The Hall–Kier alpha value is -2.89. The van der Waals surface area contributed by atoms with Crippen molar-refractivity contribution in [2.75, 3.05) is 6.61 Å². The minimum atomic E-state index is -0.330. The van der Waals surface area contributed by atoms with Crippen LogP contribution in [0.15, 0.2) is 59.4 Å². The highest BCUT2D eigenvalue weighted by atomic mass is 35.5. The van der Waals surface area contributed by atoms with Gasteiger partial charge in [0.1, 0.15) is 5.75 Å². The predicted molar refractivity (Wildman–Crippen MR) is 110 cm³/mol. The van der Waals surface area contributed by atoms with Crippen molar-refractivity contribution in [3.05, 3.63) is 86.7 Å². The second kappa shape index (κ2) is 8.00. The first-order valence-corrected chi connectivity index (χ1v) is 9.42. The van der Waals surface area contributed by atoms with Crippen LogP contribution in [0.1, 0.15) is 16.7 Å². The lowest BCUT2D eigenvalue weighted by Crippen LogP contribution is -2.26. The monoisotopic (exact) mass is 394 g/mol. The molecule has 0 radical (unpaired) electrons. The minimum absolute atomic E-state index is 0.295. The highest BCUT2D eigenvalue weighted by molar-refractivity contribution is 6.30. The molecule has 1 N–H and O–H groups in total. The van der Waals surface area contributed by atoms with Crippen LogP contribution < -0.4 is 10.3 Å². The number of hydrogen-bond acceptors (Lipinski definition) is 4. The summed E-state index contributed by atoms with van der Waals surface area (Å²) < 4.78 is 6.92. The number of hydrogen-bond donors (Lipinski definition) is 1. The molecule has 142 valence electrons. The molecule has 2 heterocycles. The van der Waals surface area contributed by atoms with E-state index >= 15 is 0 Å². The van der Waals surface area contributed by atoms with E-state index in [0.717, 1.165) is 28.9 Å². The van der Waals surface area contributed by atoms with E-state index in [1.807, 2.05) is 54.6 Å². The Balaban J connectivity index is 1.64. The van der Waals surface area contributed by atoms with Gasteiger partial charge in [0.2, 0.25) is 0 Å². The summed E-state index contributed by atoms with van der Waals surface area (Å²) in [7, 11) is 0. The van der Waals surface area contributed by atoms with Crippen molar-refractivity contribution in [1.82, 2.24) is 9.78 Å². The molecular formula is C22H19ClN2O3. The molecule has 2 aromatic carbocycles. The van der Waals surface area contributed by atoms with Gasteiger partial charge in [0.15, 0.2) is 0 Å². The predicted octanol–water partition coefficient (Wildman–Crippen LogP) is 3.70. The fourth-order valence-electron chi connectivity index (χ4n) is 3.18. The first kappa shape index (κ1) is 18.5. The largest absolute Gasteiger partial charge is 0.493 e. The van der Waals surface area contributed by atoms with Crippen molar-refractivity contribution in [1.29, 1.82) is 0 Å². The third-order valence-corrected chi connectivity index (χ3v) is 4.91. The molecule has 1 aliphatic rings. The molecule has 0 aliphatic carbocycles. The van der Waals surface area contributed by atoms with Crippen LogP contribution in [0.25, 0.3) is 17.3 Å². The molecule has 0 spiro atoms. The number of benzene rings is 2. The molecule has 0 saturated carbocycles. The molecular weight excluding hydrogens is 376 g/mol. The molecule has 0 saturated heterocycles. The van der Waals surface area contributed by atoms with Gasteiger partial charge in [0, 0.05) is 22.6 Å². The molecule has 0 atom stereocenters. The van der Waals surface area contributed by atoms with Gasteiger partial charge in [-0.3, -0.25) is 4.79 Å². The molecule has 1 aromatic heterocycles. The number of aliphatic hydroxyl groups is 1. The Bertz CT molecular complexity index is 1090. The lowest BCUT2D eigenvalue weighted by Gasteiger charge is -2.09.